The summed E-state index contributed by atoms with van der Waals surface area (Å²) in [5.41, 5.74) is 5.08. The largest absolute Gasteiger partial charge is 0.244 e. The summed E-state index contributed by atoms with van der Waals surface area (Å²) in [5.74, 6) is 0.806. The fourth-order valence-corrected chi connectivity index (χ4v) is 7.82. The lowest BCUT2D eigenvalue weighted by Crippen LogP contribution is -2.42. The van der Waals surface area contributed by atoms with Crippen LogP contribution in [-0.2, 0) is 12.8 Å². The highest BCUT2D eigenvalue weighted by atomic mass is 32.2. The normalized spacial score (nSPS) is 29.0. The van der Waals surface area contributed by atoms with Gasteiger partial charge in [-0.25, -0.2) is 4.63 Å². The van der Waals surface area contributed by atoms with E-state index in [0.717, 1.165) is 24.2 Å². The number of nitrogens with zero attached hydrogens (tertiary/aromatic N) is 2. The molecule has 2 aliphatic heterocycles. The Morgan fingerprint density at radius 1 is 0.720 bits per heavy atom. The summed E-state index contributed by atoms with van der Waals surface area (Å²) in [6, 6.07) is 17.6. The fraction of sp³-hybridized carbons (Fsp3) is 0.300. The monoisotopic (exact) mass is 364 g/mol. The van der Waals surface area contributed by atoms with E-state index in [-0.39, 0.29) is 0 Å². The highest BCUT2D eigenvalue weighted by molar-refractivity contribution is 8.04. The first-order chi connectivity index (χ1) is 12.4. The Kier molecular flexibility index (Phi) is 3.11. The first-order valence-corrected chi connectivity index (χ1v) is 10.5. The van der Waals surface area contributed by atoms with Crippen molar-refractivity contribution in [2.45, 2.75) is 45.0 Å². The van der Waals surface area contributed by atoms with Gasteiger partial charge in [-0.05, 0) is 36.1 Å². The lowest BCUT2D eigenvalue weighted by Gasteiger charge is -2.45. The summed E-state index contributed by atoms with van der Waals surface area (Å²) in [4.78, 5) is 2.86. The minimum Gasteiger partial charge on any atom is -0.244 e. The third-order valence-corrected chi connectivity index (χ3v) is 8.98. The zero-order chi connectivity index (χ0) is 16.4. The van der Waals surface area contributed by atoms with Gasteiger partial charge < -0.3 is 0 Å². The van der Waals surface area contributed by atoms with Gasteiger partial charge >= 0.3 is 0 Å². The Bertz CT molecular complexity index is 894. The maximum atomic E-state index is 5.22. The van der Waals surface area contributed by atoms with Gasteiger partial charge in [0.1, 0.15) is 11.4 Å². The predicted octanol–water partition coefficient (Wildman–Crippen LogP) is 4.68. The van der Waals surface area contributed by atoms with Gasteiger partial charge in [-0.3, -0.25) is 0 Å². The summed E-state index contributed by atoms with van der Waals surface area (Å²) in [6.07, 6.45) is 2.08. The standard InChI is InChI=1S/C20H16N2OS2/c1-3-7-15-11(5-1)9-13-17-18(22-23-21-17)14-10-12-6-2-4-8-16(12)25-20(14)19(13)24-15/h1-8,13-14,19-20H,9-10H2. The lowest BCUT2D eigenvalue weighted by molar-refractivity contribution is 0.298. The molecule has 3 heterocycles. The molecule has 3 aliphatic rings. The van der Waals surface area contributed by atoms with Crippen LogP contribution in [0.2, 0.25) is 0 Å². The van der Waals surface area contributed by atoms with Crippen LogP contribution < -0.4 is 0 Å². The minimum atomic E-state index is 0.403. The summed E-state index contributed by atoms with van der Waals surface area (Å²) in [7, 11) is 0. The van der Waals surface area contributed by atoms with Crippen molar-refractivity contribution in [1.82, 2.24) is 10.3 Å². The minimum absolute atomic E-state index is 0.403. The molecule has 4 unspecified atom stereocenters. The Labute approximate surface area is 154 Å². The number of thioether (sulfide) groups is 2. The average Bonchev–Trinajstić information content (AvgIpc) is 3.16. The van der Waals surface area contributed by atoms with Gasteiger partial charge in [0.25, 0.3) is 0 Å². The molecule has 0 saturated carbocycles. The second-order valence-corrected chi connectivity index (χ2v) is 9.48. The summed E-state index contributed by atoms with van der Waals surface area (Å²) in [6.45, 7) is 0. The molecule has 3 aromatic rings. The van der Waals surface area contributed by atoms with Gasteiger partial charge in [0, 0.05) is 32.1 Å². The number of aromatic nitrogens is 2. The van der Waals surface area contributed by atoms with Gasteiger partial charge in [0.05, 0.1) is 0 Å². The number of hydrogen-bond donors (Lipinski definition) is 0. The predicted molar refractivity (Wildman–Crippen MR) is 99.4 cm³/mol. The lowest BCUT2D eigenvalue weighted by atomic mass is 9.76. The molecule has 2 aromatic carbocycles. The van der Waals surface area contributed by atoms with E-state index >= 15 is 0 Å². The molecule has 0 amide bonds. The van der Waals surface area contributed by atoms with E-state index in [1.54, 1.807) is 0 Å². The van der Waals surface area contributed by atoms with Crippen molar-refractivity contribution < 1.29 is 4.63 Å². The van der Waals surface area contributed by atoms with Crippen molar-refractivity contribution in [2.24, 2.45) is 0 Å². The van der Waals surface area contributed by atoms with E-state index in [9.17, 15) is 0 Å². The first kappa shape index (κ1) is 14.4. The van der Waals surface area contributed by atoms with Crippen LogP contribution in [0, 0.1) is 0 Å². The Hall–Kier alpha value is -1.72. The molecular formula is C20H16N2OS2. The van der Waals surface area contributed by atoms with E-state index in [0.29, 0.717) is 22.3 Å². The molecule has 6 rings (SSSR count). The third-order valence-electron chi connectivity index (χ3n) is 5.71. The second kappa shape index (κ2) is 5.39. The van der Waals surface area contributed by atoms with Crippen molar-refractivity contribution in [1.29, 1.82) is 0 Å². The summed E-state index contributed by atoms with van der Waals surface area (Å²) >= 11 is 4.08. The van der Waals surface area contributed by atoms with Crippen molar-refractivity contribution in [3.63, 3.8) is 0 Å². The molecule has 4 atom stereocenters. The zero-order valence-electron chi connectivity index (χ0n) is 13.5. The van der Waals surface area contributed by atoms with Gasteiger partial charge in [-0.1, -0.05) is 46.7 Å². The summed E-state index contributed by atoms with van der Waals surface area (Å²) in [5, 5.41) is 9.76. The van der Waals surface area contributed by atoms with E-state index in [1.165, 1.54) is 20.9 Å². The highest BCUT2D eigenvalue weighted by Gasteiger charge is 2.50. The Morgan fingerprint density at radius 2 is 1.20 bits per heavy atom. The smallest absolute Gasteiger partial charge is 0.113 e. The van der Waals surface area contributed by atoms with Gasteiger partial charge in [0.15, 0.2) is 0 Å². The van der Waals surface area contributed by atoms with E-state index in [1.807, 2.05) is 23.5 Å². The van der Waals surface area contributed by atoms with Crippen LogP contribution in [0.15, 0.2) is 63.0 Å². The highest BCUT2D eigenvalue weighted by Crippen LogP contribution is 2.57. The van der Waals surface area contributed by atoms with Crippen LogP contribution in [-0.4, -0.2) is 20.8 Å². The molecule has 124 valence electrons. The SMILES string of the molecule is c1ccc2c(c1)CC1c3nonc3C3Cc4ccccc4SC3C1S2. The van der Waals surface area contributed by atoms with Gasteiger partial charge in [-0.2, -0.15) is 0 Å². The van der Waals surface area contributed by atoms with Crippen molar-refractivity contribution >= 4 is 23.5 Å². The molecule has 0 saturated heterocycles. The third kappa shape index (κ3) is 2.09. The number of rotatable bonds is 0. The quantitative estimate of drug-likeness (QED) is 0.579. The molecule has 0 fully saturated rings. The molecule has 1 aromatic heterocycles. The fourth-order valence-electron chi connectivity index (χ4n) is 4.55. The van der Waals surface area contributed by atoms with Crippen LogP contribution in [0.3, 0.4) is 0 Å². The van der Waals surface area contributed by atoms with Crippen LogP contribution in [0.1, 0.15) is 34.4 Å². The molecule has 0 radical (unpaired) electrons. The molecule has 0 bridgehead atoms. The maximum Gasteiger partial charge on any atom is 0.113 e. The van der Waals surface area contributed by atoms with E-state index in [4.69, 9.17) is 4.63 Å². The van der Waals surface area contributed by atoms with Gasteiger partial charge in [0.2, 0.25) is 0 Å². The summed E-state index contributed by atoms with van der Waals surface area (Å²) < 4.78 is 5.22. The average molecular weight is 364 g/mol. The number of benzene rings is 2. The zero-order valence-corrected chi connectivity index (χ0v) is 15.1. The topological polar surface area (TPSA) is 38.9 Å². The first-order valence-electron chi connectivity index (χ1n) is 8.70. The van der Waals surface area contributed by atoms with E-state index < -0.39 is 0 Å². The molecule has 0 N–H and O–H groups in total. The molecule has 0 spiro atoms. The second-order valence-electron chi connectivity index (χ2n) is 7.04. The van der Waals surface area contributed by atoms with Crippen LogP contribution in [0.25, 0.3) is 0 Å². The molecular weight excluding hydrogens is 348 g/mol. The Balaban J connectivity index is 1.50. The molecule has 3 nitrogen and oxygen atoms in total. The number of hydrogen-bond acceptors (Lipinski definition) is 5. The maximum absolute atomic E-state index is 5.22. The van der Waals surface area contributed by atoms with Crippen molar-refractivity contribution in [2.75, 3.05) is 0 Å². The Morgan fingerprint density at radius 3 is 1.72 bits per heavy atom. The molecule has 1 aliphatic carbocycles. The van der Waals surface area contributed by atoms with Crippen molar-refractivity contribution in [3.05, 3.63) is 71.0 Å². The molecule has 5 heteroatoms. The van der Waals surface area contributed by atoms with Crippen LogP contribution in [0.5, 0.6) is 0 Å². The van der Waals surface area contributed by atoms with Gasteiger partial charge in [-0.15, -0.1) is 23.5 Å². The van der Waals surface area contributed by atoms with Crippen molar-refractivity contribution in [3.8, 4) is 0 Å². The number of fused-ring (bicyclic) bond motifs is 8. The molecule has 25 heavy (non-hydrogen) atoms. The van der Waals surface area contributed by atoms with E-state index in [2.05, 4.69) is 58.8 Å². The van der Waals surface area contributed by atoms with Crippen LogP contribution in [0.4, 0.5) is 0 Å². The van der Waals surface area contributed by atoms with Crippen LogP contribution >= 0.6 is 23.5 Å².